The Labute approximate surface area is 101 Å². The van der Waals surface area contributed by atoms with E-state index in [2.05, 4.69) is 5.32 Å². The van der Waals surface area contributed by atoms with Gasteiger partial charge in [0.05, 0.1) is 12.7 Å². The van der Waals surface area contributed by atoms with Crippen molar-refractivity contribution in [2.45, 2.75) is 32.9 Å². The predicted molar refractivity (Wildman–Crippen MR) is 65.9 cm³/mol. The van der Waals surface area contributed by atoms with Crippen LogP contribution in [0.1, 0.15) is 37.0 Å². The molecule has 4 heteroatoms. The number of hydrogen-bond donors (Lipinski definition) is 1. The van der Waals surface area contributed by atoms with Crippen LogP contribution in [0.2, 0.25) is 0 Å². The van der Waals surface area contributed by atoms with Crippen molar-refractivity contribution in [1.82, 2.24) is 0 Å². The van der Waals surface area contributed by atoms with Crippen LogP contribution in [0.15, 0.2) is 12.1 Å². The second kappa shape index (κ2) is 4.65. The monoisotopic (exact) mass is 235 g/mol. The van der Waals surface area contributed by atoms with Gasteiger partial charge in [0.15, 0.2) is 17.8 Å². The zero-order valence-corrected chi connectivity index (χ0v) is 10.4. The first kappa shape index (κ1) is 11.8. The molecule has 0 saturated heterocycles. The molecule has 1 aliphatic heterocycles. The summed E-state index contributed by atoms with van der Waals surface area (Å²) in [6.07, 6.45) is 1.22. The van der Waals surface area contributed by atoms with E-state index in [0.717, 1.165) is 12.1 Å². The maximum absolute atomic E-state index is 11.8. The Morgan fingerprint density at radius 2 is 2.24 bits per heavy atom. The van der Waals surface area contributed by atoms with Gasteiger partial charge in [-0.3, -0.25) is 4.79 Å². The van der Waals surface area contributed by atoms with Crippen molar-refractivity contribution in [3.63, 3.8) is 0 Å². The van der Waals surface area contributed by atoms with Crippen LogP contribution in [0.25, 0.3) is 0 Å². The van der Waals surface area contributed by atoms with E-state index in [1.165, 1.54) is 0 Å². The van der Waals surface area contributed by atoms with Crippen LogP contribution in [0, 0.1) is 0 Å². The fourth-order valence-electron chi connectivity index (χ4n) is 1.92. The topological polar surface area (TPSA) is 47.6 Å². The Morgan fingerprint density at radius 1 is 1.47 bits per heavy atom. The first-order chi connectivity index (χ1) is 8.21. The van der Waals surface area contributed by atoms with Gasteiger partial charge in [-0.2, -0.15) is 0 Å². The van der Waals surface area contributed by atoms with Crippen LogP contribution in [0.5, 0.6) is 11.5 Å². The van der Waals surface area contributed by atoms with Crippen molar-refractivity contribution >= 4 is 11.5 Å². The molecule has 0 amide bonds. The van der Waals surface area contributed by atoms with E-state index in [0.29, 0.717) is 23.5 Å². The zero-order chi connectivity index (χ0) is 12.4. The summed E-state index contributed by atoms with van der Waals surface area (Å²) < 4.78 is 11.0. The van der Waals surface area contributed by atoms with E-state index in [4.69, 9.17) is 9.47 Å². The third kappa shape index (κ3) is 1.95. The van der Waals surface area contributed by atoms with Crippen LogP contribution < -0.4 is 14.8 Å². The number of nitrogens with one attached hydrogen (secondary N) is 1. The number of fused-ring (bicyclic) bond motifs is 1. The highest BCUT2D eigenvalue weighted by molar-refractivity contribution is 6.01. The largest absolute Gasteiger partial charge is 0.494 e. The minimum atomic E-state index is -0.0790. The smallest absolute Gasteiger partial charge is 0.170 e. The summed E-state index contributed by atoms with van der Waals surface area (Å²) in [5, 5.41) is 3.22. The van der Waals surface area contributed by atoms with Crippen molar-refractivity contribution in [3.8, 4) is 11.5 Å². The van der Waals surface area contributed by atoms with E-state index in [-0.39, 0.29) is 12.0 Å². The van der Waals surface area contributed by atoms with Gasteiger partial charge in [0.1, 0.15) is 11.4 Å². The molecule has 1 atom stereocenters. The van der Waals surface area contributed by atoms with Gasteiger partial charge in [0.2, 0.25) is 0 Å². The van der Waals surface area contributed by atoms with Crippen LogP contribution in [0.3, 0.4) is 0 Å². The molecular weight excluding hydrogens is 218 g/mol. The second-order valence-electron chi connectivity index (χ2n) is 3.96. The number of Topliss-reactive ketones (excluding diaryl/α,β-unsaturated/α-hetero) is 1. The van der Waals surface area contributed by atoms with Gasteiger partial charge in [0.25, 0.3) is 0 Å². The summed E-state index contributed by atoms with van der Waals surface area (Å²) in [5.41, 5.74) is 1.42. The SMILES string of the molecule is CCC(=O)c1ccc(OC)c2c1OC(CC)N2. The Kier molecular flexibility index (Phi) is 3.22. The maximum Gasteiger partial charge on any atom is 0.170 e. The van der Waals surface area contributed by atoms with Gasteiger partial charge in [-0.05, 0) is 12.1 Å². The third-order valence-electron chi connectivity index (χ3n) is 2.90. The lowest BCUT2D eigenvalue weighted by atomic mass is 10.1. The molecule has 2 rings (SSSR count). The van der Waals surface area contributed by atoms with Gasteiger partial charge in [0, 0.05) is 12.8 Å². The molecule has 1 unspecified atom stereocenters. The first-order valence-electron chi connectivity index (χ1n) is 5.88. The number of carbonyl (C=O) groups excluding carboxylic acids is 1. The Balaban J connectivity index is 2.47. The molecule has 0 aliphatic carbocycles. The fraction of sp³-hybridized carbons (Fsp3) is 0.462. The number of hydrogen-bond acceptors (Lipinski definition) is 4. The van der Waals surface area contributed by atoms with Crippen LogP contribution >= 0.6 is 0 Å². The number of ether oxygens (including phenoxy) is 2. The molecule has 0 fully saturated rings. The summed E-state index contributed by atoms with van der Waals surface area (Å²) >= 11 is 0. The minimum absolute atomic E-state index is 0.0790. The predicted octanol–water partition coefficient (Wildman–Crippen LogP) is 2.83. The average molecular weight is 235 g/mol. The standard InChI is InChI=1S/C13H17NO3/c1-4-9(15)8-6-7-10(16-3)12-13(8)17-11(5-2)14-12/h6-7,11,14H,4-5H2,1-3H3. The molecule has 1 aromatic rings. The summed E-state index contributed by atoms with van der Waals surface area (Å²) in [6.45, 7) is 3.87. The highest BCUT2D eigenvalue weighted by Gasteiger charge is 2.28. The lowest BCUT2D eigenvalue weighted by molar-refractivity contribution is 0.0983. The Hall–Kier alpha value is -1.71. The van der Waals surface area contributed by atoms with Crippen molar-refractivity contribution < 1.29 is 14.3 Å². The maximum atomic E-state index is 11.8. The summed E-state index contributed by atoms with van der Waals surface area (Å²) in [7, 11) is 1.61. The van der Waals surface area contributed by atoms with E-state index in [1.807, 2.05) is 13.8 Å². The van der Waals surface area contributed by atoms with Crippen LogP contribution in [-0.4, -0.2) is 19.1 Å². The van der Waals surface area contributed by atoms with Crippen molar-refractivity contribution in [3.05, 3.63) is 17.7 Å². The van der Waals surface area contributed by atoms with Gasteiger partial charge in [-0.1, -0.05) is 13.8 Å². The van der Waals surface area contributed by atoms with Gasteiger partial charge >= 0.3 is 0 Å². The molecule has 17 heavy (non-hydrogen) atoms. The number of rotatable bonds is 4. The molecular formula is C13H17NO3. The van der Waals surface area contributed by atoms with Crippen LogP contribution in [0.4, 0.5) is 5.69 Å². The van der Waals surface area contributed by atoms with E-state index in [1.54, 1.807) is 19.2 Å². The fourth-order valence-corrected chi connectivity index (χ4v) is 1.92. The van der Waals surface area contributed by atoms with E-state index < -0.39 is 0 Å². The molecule has 0 spiro atoms. The molecule has 92 valence electrons. The second-order valence-corrected chi connectivity index (χ2v) is 3.96. The number of carbonyl (C=O) groups is 1. The molecule has 0 bridgehead atoms. The van der Waals surface area contributed by atoms with Crippen molar-refractivity contribution in [2.24, 2.45) is 0 Å². The molecule has 1 aromatic carbocycles. The first-order valence-corrected chi connectivity index (χ1v) is 5.88. The van der Waals surface area contributed by atoms with Gasteiger partial charge in [-0.15, -0.1) is 0 Å². The van der Waals surface area contributed by atoms with Crippen LogP contribution in [-0.2, 0) is 0 Å². The van der Waals surface area contributed by atoms with Gasteiger partial charge in [-0.25, -0.2) is 0 Å². The summed E-state index contributed by atoms with van der Waals surface area (Å²) in [5.74, 6) is 1.43. The van der Waals surface area contributed by atoms with Gasteiger partial charge < -0.3 is 14.8 Å². The van der Waals surface area contributed by atoms with E-state index >= 15 is 0 Å². The summed E-state index contributed by atoms with van der Waals surface area (Å²) in [6, 6.07) is 3.57. The van der Waals surface area contributed by atoms with E-state index in [9.17, 15) is 4.79 Å². The lowest BCUT2D eigenvalue weighted by Crippen LogP contribution is -2.18. The molecule has 0 radical (unpaired) electrons. The quantitative estimate of drug-likeness (QED) is 0.815. The zero-order valence-electron chi connectivity index (χ0n) is 10.4. The number of methoxy groups -OCH3 is 1. The van der Waals surface area contributed by atoms with Crippen molar-refractivity contribution in [1.29, 1.82) is 0 Å². The third-order valence-corrected chi connectivity index (χ3v) is 2.90. The highest BCUT2D eigenvalue weighted by atomic mass is 16.5. The number of benzene rings is 1. The molecule has 1 aliphatic rings. The van der Waals surface area contributed by atoms with Crippen molar-refractivity contribution in [2.75, 3.05) is 12.4 Å². The normalized spacial score (nSPS) is 17.0. The molecule has 0 saturated carbocycles. The minimum Gasteiger partial charge on any atom is -0.494 e. The average Bonchev–Trinajstić information content (AvgIpc) is 2.80. The number of anilines is 1. The number of ketones is 1. The Bertz CT molecular complexity index is 443. The molecule has 4 nitrogen and oxygen atoms in total. The lowest BCUT2D eigenvalue weighted by Gasteiger charge is -2.08. The summed E-state index contributed by atoms with van der Waals surface area (Å²) in [4.78, 5) is 11.8. The molecule has 0 aromatic heterocycles. The Morgan fingerprint density at radius 3 is 2.82 bits per heavy atom. The molecule has 1 N–H and O–H groups in total. The molecule has 1 heterocycles. The highest BCUT2D eigenvalue weighted by Crippen LogP contribution is 2.43.